The van der Waals surface area contributed by atoms with Gasteiger partial charge in [0, 0.05) is 45.6 Å². The molecule has 6 rings (SSSR count). The number of rotatable bonds is 6. The van der Waals surface area contributed by atoms with Crippen LogP contribution in [0, 0.1) is 13.8 Å². The van der Waals surface area contributed by atoms with E-state index in [2.05, 4.69) is 5.32 Å². The summed E-state index contributed by atoms with van der Waals surface area (Å²) < 4.78 is 17.0. The minimum atomic E-state index is -1.63. The van der Waals surface area contributed by atoms with Gasteiger partial charge in [-0.3, -0.25) is 19.2 Å². The van der Waals surface area contributed by atoms with Gasteiger partial charge in [-0.15, -0.1) is 0 Å². The lowest BCUT2D eigenvalue weighted by molar-refractivity contribution is -0.123. The molecule has 0 saturated carbocycles. The number of furan rings is 1. The van der Waals surface area contributed by atoms with E-state index in [1.165, 1.54) is 20.8 Å². The number of methoxy groups -OCH3 is 1. The average Bonchev–Trinajstić information content (AvgIpc) is 3.49. The molecule has 3 N–H and O–H groups in total. The number of carbonyl (C=O) groups excluding carboxylic acids is 4. The first kappa shape index (κ1) is 29.4. The molecule has 4 aromatic rings. The third kappa shape index (κ3) is 4.24. The molecule has 2 aliphatic rings. The third-order valence-corrected chi connectivity index (χ3v) is 8.59. The number of Topliss-reactive ketones (excluding diaryl/α,β-unsaturated/α-hetero) is 2. The predicted octanol–water partition coefficient (Wildman–Crippen LogP) is 5.97. The van der Waals surface area contributed by atoms with Gasteiger partial charge in [-0.05, 0) is 71.0 Å². The molecule has 1 atom stereocenters. The Hall–Kier alpha value is -5.64. The number of ether oxygens (including phenoxy) is 2. The molecular formula is C35H29NO9. The average molecular weight is 608 g/mol. The lowest BCUT2D eigenvalue weighted by Crippen LogP contribution is -2.40. The number of hydrogen-bond acceptors (Lipinski definition) is 10. The zero-order valence-corrected chi connectivity index (χ0v) is 25.4. The minimum Gasteiger partial charge on any atom is -0.507 e. The fraction of sp³-hybridized carbons (Fsp3) is 0.200. The summed E-state index contributed by atoms with van der Waals surface area (Å²) >= 11 is 0. The van der Waals surface area contributed by atoms with Crippen molar-refractivity contribution in [1.29, 1.82) is 0 Å². The molecule has 0 spiro atoms. The summed E-state index contributed by atoms with van der Waals surface area (Å²) in [6, 6.07) is 11.9. The Labute approximate surface area is 257 Å². The van der Waals surface area contributed by atoms with Crippen LogP contribution in [0.15, 0.2) is 70.0 Å². The Morgan fingerprint density at radius 2 is 1.64 bits per heavy atom. The van der Waals surface area contributed by atoms with Crippen molar-refractivity contribution in [3.05, 3.63) is 99.1 Å². The normalized spacial score (nSPS) is 18.2. The van der Waals surface area contributed by atoms with E-state index >= 15 is 0 Å². The Bertz CT molecular complexity index is 2080. The van der Waals surface area contributed by atoms with E-state index in [-0.39, 0.29) is 51.0 Å². The van der Waals surface area contributed by atoms with Crippen LogP contribution in [-0.4, -0.2) is 40.5 Å². The van der Waals surface area contributed by atoms with Crippen molar-refractivity contribution in [2.45, 2.75) is 40.0 Å². The SMILES string of the molecule is COc1ccc(C(=O)c2oc3cc(NC(C)=C4C(=O)C=C5Oc6c(C(C)=O)c(O)c(C)c(O)c6C5(C)C4=O)ccc3c2C)cc1. The number of aryl methyl sites for hydroxylation is 1. The second-order valence-corrected chi connectivity index (χ2v) is 11.3. The smallest absolute Gasteiger partial charge is 0.228 e. The van der Waals surface area contributed by atoms with Crippen molar-refractivity contribution < 1.29 is 43.3 Å². The maximum absolute atomic E-state index is 14.1. The van der Waals surface area contributed by atoms with Gasteiger partial charge < -0.3 is 29.4 Å². The lowest BCUT2D eigenvalue weighted by Gasteiger charge is -2.29. The van der Waals surface area contributed by atoms with Gasteiger partial charge in [0.2, 0.25) is 5.78 Å². The van der Waals surface area contributed by atoms with Crippen LogP contribution in [0.1, 0.15) is 63.9 Å². The van der Waals surface area contributed by atoms with E-state index in [0.29, 0.717) is 28.1 Å². The molecule has 1 unspecified atom stereocenters. The highest BCUT2D eigenvalue weighted by Gasteiger charge is 2.56. The number of allylic oxidation sites excluding steroid dienone is 4. The van der Waals surface area contributed by atoms with Crippen molar-refractivity contribution in [2.24, 2.45) is 0 Å². The van der Waals surface area contributed by atoms with Crippen LogP contribution in [0.4, 0.5) is 5.69 Å². The number of ketones is 4. The number of fused-ring (bicyclic) bond motifs is 4. The Morgan fingerprint density at radius 1 is 0.956 bits per heavy atom. The number of aromatic hydroxyl groups is 2. The Morgan fingerprint density at radius 3 is 2.29 bits per heavy atom. The van der Waals surface area contributed by atoms with Crippen LogP contribution >= 0.6 is 0 Å². The molecule has 0 radical (unpaired) electrons. The molecule has 1 aliphatic heterocycles. The molecule has 10 nitrogen and oxygen atoms in total. The zero-order chi connectivity index (χ0) is 32.5. The van der Waals surface area contributed by atoms with Gasteiger partial charge >= 0.3 is 0 Å². The highest BCUT2D eigenvalue weighted by Crippen LogP contribution is 2.57. The molecule has 2 heterocycles. The maximum Gasteiger partial charge on any atom is 0.228 e. The molecule has 0 amide bonds. The minimum absolute atomic E-state index is 0.0126. The van der Waals surface area contributed by atoms with E-state index in [1.807, 2.05) is 0 Å². The van der Waals surface area contributed by atoms with Gasteiger partial charge in [-0.1, -0.05) is 0 Å². The van der Waals surface area contributed by atoms with Crippen LogP contribution in [0.3, 0.4) is 0 Å². The molecule has 0 saturated heterocycles. The van der Waals surface area contributed by atoms with E-state index in [4.69, 9.17) is 13.9 Å². The summed E-state index contributed by atoms with van der Waals surface area (Å²) in [5.74, 6) is -2.32. The Balaban J connectivity index is 1.37. The molecule has 10 heteroatoms. The van der Waals surface area contributed by atoms with Gasteiger partial charge in [0.25, 0.3) is 0 Å². The number of phenolic OH excluding ortho intramolecular Hbond substituents is 2. The van der Waals surface area contributed by atoms with E-state index in [1.54, 1.807) is 63.4 Å². The van der Waals surface area contributed by atoms with Crippen LogP contribution in [0.25, 0.3) is 11.0 Å². The van der Waals surface area contributed by atoms with Crippen LogP contribution in [0.2, 0.25) is 0 Å². The summed E-state index contributed by atoms with van der Waals surface area (Å²) in [7, 11) is 1.54. The van der Waals surface area contributed by atoms with Crippen molar-refractivity contribution in [3.8, 4) is 23.0 Å². The van der Waals surface area contributed by atoms with E-state index in [0.717, 1.165) is 11.5 Å². The molecule has 0 fully saturated rings. The van der Waals surface area contributed by atoms with Crippen molar-refractivity contribution >= 4 is 39.8 Å². The zero-order valence-electron chi connectivity index (χ0n) is 25.4. The number of phenols is 2. The largest absolute Gasteiger partial charge is 0.507 e. The number of hydrogen-bond donors (Lipinski definition) is 3. The molecule has 45 heavy (non-hydrogen) atoms. The first-order chi connectivity index (χ1) is 21.3. The number of carbonyl (C=O) groups is 4. The second kappa shape index (κ2) is 10.2. The second-order valence-electron chi connectivity index (χ2n) is 11.3. The Kier molecular flexibility index (Phi) is 6.69. The highest BCUT2D eigenvalue weighted by atomic mass is 16.5. The fourth-order valence-electron chi connectivity index (χ4n) is 6.03. The molecular weight excluding hydrogens is 578 g/mol. The lowest BCUT2D eigenvalue weighted by atomic mass is 9.70. The fourth-order valence-corrected chi connectivity index (χ4v) is 6.03. The summed E-state index contributed by atoms with van der Waals surface area (Å²) in [6.45, 7) is 7.53. The third-order valence-electron chi connectivity index (χ3n) is 8.59. The quantitative estimate of drug-likeness (QED) is 0.136. The van der Waals surface area contributed by atoms with Crippen LogP contribution < -0.4 is 14.8 Å². The number of anilines is 1. The van der Waals surface area contributed by atoms with Gasteiger partial charge in [0.05, 0.1) is 18.2 Å². The van der Waals surface area contributed by atoms with E-state index < -0.39 is 34.3 Å². The summed E-state index contributed by atoms with van der Waals surface area (Å²) in [5, 5.41) is 25.4. The van der Waals surface area contributed by atoms with Crippen molar-refractivity contribution in [1.82, 2.24) is 0 Å². The summed E-state index contributed by atoms with van der Waals surface area (Å²) in [6.07, 6.45) is 1.16. The van der Waals surface area contributed by atoms with Crippen molar-refractivity contribution in [3.63, 3.8) is 0 Å². The first-order valence-electron chi connectivity index (χ1n) is 14.1. The van der Waals surface area contributed by atoms with Gasteiger partial charge in [0.15, 0.2) is 23.1 Å². The standard InChI is InChI=1S/C35H29NO9/c1-15-22-12-9-20(13-24(22)44-32(15)31(41)19-7-10-21(43-6)11-8-19)36-17(3)26-23(38)14-25-35(5,34(26)42)28-30(40)16(2)29(39)27(18(4)37)33(28)45-25/h7-14,36,39-40H,1-6H3. The van der Waals surface area contributed by atoms with Crippen LogP contribution in [0.5, 0.6) is 23.0 Å². The monoisotopic (exact) mass is 607 g/mol. The number of nitrogens with one attached hydrogen (secondary N) is 1. The molecule has 1 aromatic heterocycles. The molecule has 228 valence electrons. The predicted molar refractivity (Wildman–Crippen MR) is 164 cm³/mol. The highest BCUT2D eigenvalue weighted by molar-refractivity contribution is 6.31. The summed E-state index contributed by atoms with van der Waals surface area (Å²) in [5.41, 5.74) is 0.316. The van der Waals surface area contributed by atoms with E-state index in [9.17, 15) is 29.4 Å². The number of benzene rings is 3. The van der Waals surface area contributed by atoms with Crippen molar-refractivity contribution in [2.75, 3.05) is 12.4 Å². The van der Waals surface area contributed by atoms with Gasteiger partial charge in [-0.2, -0.15) is 0 Å². The first-order valence-corrected chi connectivity index (χ1v) is 14.1. The maximum atomic E-state index is 14.1. The van der Waals surface area contributed by atoms with Crippen LogP contribution in [-0.2, 0) is 15.0 Å². The molecule has 3 aromatic carbocycles. The molecule has 0 bridgehead atoms. The summed E-state index contributed by atoms with van der Waals surface area (Å²) in [4.78, 5) is 53.1. The topological polar surface area (TPSA) is 152 Å². The van der Waals surface area contributed by atoms with Gasteiger partial charge in [-0.25, -0.2) is 0 Å². The van der Waals surface area contributed by atoms with Gasteiger partial charge in [0.1, 0.15) is 45.3 Å². The molecule has 1 aliphatic carbocycles.